The van der Waals surface area contributed by atoms with Crippen molar-refractivity contribution in [1.29, 1.82) is 0 Å². The molecule has 0 aromatic rings. The second kappa shape index (κ2) is 3.68. The van der Waals surface area contributed by atoms with Gasteiger partial charge in [-0.25, -0.2) is 9.24 Å². The maximum Gasteiger partial charge on any atom is 0.408 e. The minimum Gasteiger partial charge on any atom is -0.294 e. The predicted molar refractivity (Wildman–Crippen MR) is 42.4 cm³/mol. The third-order valence-corrected chi connectivity index (χ3v) is 3.94. The lowest BCUT2D eigenvalue weighted by molar-refractivity contribution is 0.269. The van der Waals surface area contributed by atoms with Crippen molar-refractivity contribution < 1.29 is 13.6 Å². The van der Waals surface area contributed by atoms with E-state index in [1.54, 1.807) is 4.67 Å². The van der Waals surface area contributed by atoms with Crippen molar-refractivity contribution in [3.8, 4) is 0 Å². The van der Waals surface area contributed by atoms with Gasteiger partial charge in [-0.05, 0) is 0 Å². The van der Waals surface area contributed by atoms with Crippen LogP contribution in [-0.4, -0.2) is 31.0 Å². The van der Waals surface area contributed by atoms with Gasteiger partial charge < -0.3 is 0 Å². The number of rotatable bonds is 3. The van der Waals surface area contributed by atoms with Crippen molar-refractivity contribution >= 4 is 7.75 Å². The zero-order valence-corrected chi connectivity index (χ0v) is 7.84. The Bertz CT molecular complexity index is 159. The molecule has 1 aliphatic heterocycles. The van der Waals surface area contributed by atoms with E-state index >= 15 is 0 Å². The van der Waals surface area contributed by atoms with Crippen LogP contribution in [0, 0.1) is 0 Å². The summed E-state index contributed by atoms with van der Waals surface area (Å²) < 4.78 is 23.5. The van der Waals surface area contributed by atoms with Gasteiger partial charge in [0.15, 0.2) is 0 Å². The summed E-state index contributed by atoms with van der Waals surface area (Å²) in [6.07, 6.45) is 0. The first-order valence-corrected chi connectivity index (χ1v) is 5.37. The summed E-state index contributed by atoms with van der Waals surface area (Å²) in [7, 11) is -2.85. The maximum atomic E-state index is 11.7. The molecule has 1 heterocycles. The van der Waals surface area contributed by atoms with Gasteiger partial charge >= 0.3 is 7.75 Å². The summed E-state index contributed by atoms with van der Waals surface area (Å²) >= 11 is 0. The summed E-state index contributed by atoms with van der Waals surface area (Å²) in [5, 5.41) is 0. The lowest BCUT2D eigenvalue weighted by Gasteiger charge is -2.22. The molecule has 0 aromatic heterocycles. The Morgan fingerprint density at radius 1 is 1.27 bits per heavy atom. The molecule has 0 spiro atoms. The Morgan fingerprint density at radius 3 is 2.09 bits per heavy atom. The molecule has 0 unspecified atom stereocenters. The van der Waals surface area contributed by atoms with Crippen LogP contribution in [-0.2, 0) is 13.6 Å². The van der Waals surface area contributed by atoms with E-state index in [9.17, 15) is 4.57 Å². The smallest absolute Gasteiger partial charge is 0.294 e. The normalized spacial score (nSPS) is 22.8. The topological polar surface area (TPSA) is 38.8 Å². The Morgan fingerprint density at radius 2 is 1.73 bits per heavy atom. The Labute approximate surface area is 67.1 Å². The quantitative estimate of drug-likeness (QED) is 0.615. The molecule has 0 aromatic carbocycles. The standard InChI is InChI=1S/C6H14NO3P/c1-3-7(4-2)11(8)9-5-6-10-11/h3-6H2,1-2H3. The van der Waals surface area contributed by atoms with Crippen LogP contribution in [0.1, 0.15) is 13.8 Å². The first-order valence-electron chi connectivity index (χ1n) is 3.87. The highest BCUT2D eigenvalue weighted by atomic mass is 31.2. The number of hydrogen-bond acceptors (Lipinski definition) is 3. The van der Waals surface area contributed by atoms with Crippen molar-refractivity contribution in [1.82, 2.24) is 4.67 Å². The molecule has 0 aliphatic carbocycles. The third kappa shape index (κ3) is 1.82. The second-order valence-corrected chi connectivity index (χ2v) is 4.29. The predicted octanol–water partition coefficient (Wildman–Crippen LogP) is 1.48. The van der Waals surface area contributed by atoms with Gasteiger partial charge in [-0.3, -0.25) is 9.05 Å². The summed E-state index contributed by atoms with van der Waals surface area (Å²) in [5.41, 5.74) is 0. The summed E-state index contributed by atoms with van der Waals surface area (Å²) in [6.45, 7) is 6.19. The van der Waals surface area contributed by atoms with E-state index < -0.39 is 7.75 Å². The monoisotopic (exact) mass is 179 g/mol. The van der Waals surface area contributed by atoms with Crippen molar-refractivity contribution in [2.45, 2.75) is 13.8 Å². The molecular weight excluding hydrogens is 165 g/mol. The molecule has 0 amide bonds. The van der Waals surface area contributed by atoms with Gasteiger partial charge in [0.05, 0.1) is 13.2 Å². The molecule has 5 heteroatoms. The van der Waals surface area contributed by atoms with Gasteiger partial charge in [-0.1, -0.05) is 13.8 Å². The fourth-order valence-electron chi connectivity index (χ4n) is 1.08. The first kappa shape index (κ1) is 9.20. The highest BCUT2D eigenvalue weighted by molar-refractivity contribution is 7.51. The van der Waals surface area contributed by atoms with E-state index in [0.717, 1.165) is 0 Å². The zero-order valence-electron chi connectivity index (χ0n) is 6.95. The number of nitrogens with zero attached hydrogens (tertiary/aromatic N) is 1. The Balaban J connectivity index is 2.61. The van der Waals surface area contributed by atoms with E-state index in [0.29, 0.717) is 26.3 Å². The summed E-state index contributed by atoms with van der Waals surface area (Å²) in [4.78, 5) is 0. The van der Waals surface area contributed by atoms with Crippen molar-refractivity contribution in [2.75, 3.05) is 26.3 Å². The van der Waals surface area contributed by atoms with Crippen molar-refractivity contribution in [3.63, 3.8) is 0 Å². The molecule has 0 N–H and O–H groups in total. The molecule has 0 saturated carbocycles. The minimum absolute atomic E-state index is 0.452. The van der Waals surface area contributed by atoms with Crippen LogP contribution >= 0.6 is 7.75 Å². The molecule has 11 heavy (non-hydrogen) atoms. The largest absolute Gasteiger partial charge is 0.408 e. The average molecular weight is 179 g/mol. The van der Waals surface area contributed by atoms with Crippen LogP contribution in [0.5, 0.6) is 0 Å². The lowest BCUT2D eigenvalue weighted by atomic mass is 10.7. The lowest BCUT2D eigenvalue weighted by Crippen LogP contribution is -2.19. The van der Waals surface area contributed by atoms with Gasteiger partial charge in [0, 0.05) is 13.1 Å². The first-order chi connectivity index (χ1) is 5.23. The third-order valence-electron chi connectivity index (χ3n) is 1.67. The molecule has 0 atom stereocenters. The maximum absolute atomic E-state index is 11.7. The molecule has 0 bridgehead atoms. The highest BCUT2D eigenvalue weighted by Gasteiger charge is 2.35. The van der Waals surface area contributed by atoms with Crippen LogP contribution in [0.15, 0.2) is 0 Å². The molecule has 1 rings (SSSR count). The van der Waals surface area contributed by atoms with Gasteiger partial charge in [0.2, 0.25) is 0 Å². The highest BCUT2D eigenvalue weighted by Crippen LogP contribution is 2.54. The van der Waals surface area contributed by atoms with Crippen LogP contribution < -0.4 is 0 Å². The summed E-state index contributed by atoms with van der Waals surface area (Å²) in [6, 6.07) is 0. The molecular formula is C6H14NO3P. The van der Waals surface area contributed by atoms with Crippen LogP contribution in [0.3, 0.4) is 0 Å². The van der Waals surface area contributed by atoms with E-state index in [-0.39, 0.29) is 0 Å². The Hall–Kier alpha value is 0.110. The molecule has 4 nitrogen and oxygen atoms in total. The van der Waals surface area contributed by atoms with Crippen molar-refractivity contribution in [2.24, 2.45) is 0 Å². The molecule has 1 saturated heterocycles. The average Bonchev–Trinajstić information content (AvgIpc) is 2.39. The number of hydrogen-bond donors (Lipinski definition) is 0. The van der Waals surface area contributed by atoms with Gasteiger partial charge in [0.1, 0.15) is 0 Å². The minimum atomic E-state index is -2.85. The van der Waals surface area contributed by atoms with Crippen LogP contribution in [0.2, 0.25) is 0 Å². The van der Waals surface area contributed by atoms with E-state index in [4.69, 9.17) is 9.05 Å². The SMILES string of the molecule is CCN(CC)P1(=O)OCCO1. The van der Waals surface area contributed by atoms with Crippen LogP contribution in [0.25, 0.3) is 0 Å². The van der Waals surface area contributed by atoms with Gasteiger partial charge in [-0.15, -0.1) is 0 Å². The Kier molecular flexibility index (Phi) is 3.07. The molecule has 1 aliphatic rings. The fourth-order valence-corrected chi connectivity index (χ4v) is 2.78. The molecule has 1 fully saturated rings. The zero-order chi connectivity index (χ0) is 8.32. The van der Waals surface area contributed by atoms with Crippen molar-refractivity contribution in [3.05, 3.63) is 0 Å². The molecule has 66 valence electrons. The van der Waals surface area contributed by atoms with Gasteiger partial charge in [0.25, 0.3) is 0 Å². The molecule has 0 radical (unpaired) electrons. The summed E-state index contributed by atoms with van der Waals surface area (Å²) in [5.74, 6) is 0. The van der Waals surface area contributed by atoms with Crippen LogP contribution in [0.4, 0.5) is 0 Å². The second-order valence-electron chi connectivity index (χ2n) is 2.27. The van der Waals surface area contributed by atoms with E-state index in [1.807, 2.05) is 13.8 Å². The van der Waals surface area contributed by atoms with Gasteiger partial charge in [-0.2, -0.15) is 0 Å². The van der Waals surface area contributed by atoms with E-state index in [2.05, 4.69) is 0 Å². The van der Waals surface area contributed by atoms with E-state index in [1.165, 1.54) is 0 Å². The fraction of sp³-hybridized carbons (Fsp3) is 1.00.